The van der Waals surface area contributed by atoms with Gasteiger partial charge in [0, 0.05) is 17.8 Å². The number of carbonyl (C=O) groups is 2. The molecule has 2 amide bonds. The molecule has 0 bridgehead atoms. The zero-order valence-electron chi connectivity index (χ0n) is 18.3. The van der Waals surface area contributed by atoms with Gasteiger partial charge in [0.1, 0.15) is 5.82 Å². The Kier molecular flexibility index (Phi) is 8.11. The van der Waals surface area contributed by atoms with Crippen molar-refractivity contribution in [3.05, 3.63) is 90.2 Å². The Labute approximate surface area is 188 Å². The van der Waals surface area contributed by atoms with Crippen LogP contribution in [0.1, 0.15) is 19.4 Å². The number of carbonyl (C=O) groups excluding carboxylic acids is 2. The van der Waals surface area contributed by atoms with Crippen LogP contribution in [0.3, 0.4) is 0 Å². The fraction of sp³-hybridized carbons (Fsp3) is 0.231. The van der Waals surface area contributed by atoms with Crippen molar-refractivity contribution in [3.63, 3.8) is 0 Å². The number of hydrogen-bond donors (Lipinski definition) is 2. The van der Waals surface area contributed by atoms with E-state index in [0.717, 1.165) is 22.4 Å². The summed E-state index contributed by atoms with van der Waals surface area (Å²) in [6, 6.07) is 23.0. The van der Waals surface area contributed by atoms with Crippen LogP contribution in [0, 0.1) is 5.82 Å². The van der Waals surface area contributed by atoms with Crippen molar-refractivity contribution in [3.8, 4) is 11.1 Å². The average molecular weight is 434 g/mol. The lowest BCUT2D eigenvalue weighted by Gasteiger charge is -2.26. The van der Waals surface area contributed by atoms with E-state index in [-0.39, 0.29) is 24.2 Å². The third-order valence-corrected chi connectivity index (χ3v) is 5.35. The van der Waals surface area contributed by atoms with Crippen LogP contribution in [0.5, 0.6) is 0 Å². The largest absolute Gasteiger partial charge is 0.351 e. The molecular weight excluding hydrogens is 405 g/mol. The first-order valence-electron chi connectivity index (χ1n) is 10.7. The van der Waals surface area contributed by atoms with Crippen LogP contribution in [-0.2, 0) is 16.1 Å². The normalized spacial score (nSPS) is 11.8. The highest BCUT2D eigenvalue weighted by Gasteiger charge is 2.23. The number of para-hydroxylation sites is 1. The van der Waals surface area contributed by atoms with E-state index in [9.17, 15) is 14.0 Å². The number of amides is 2. The molecule has 166 valence electrons. The SMILES string of the molecule is CCN(CC(=O)NCc1ccc(F)cc1)C(C)C(=O)Nc1ccccc1-c1ccccc1. The van der Waals surface area contributed by atoms with Gasteiger partial charge >= 0.3 is 0 Å². The van der Waals surface area contributed by atoms with Gasteiger partial charge in [0.05, 0.1) is 12.6 Å². The monoisotopic (exact) mass is 433 g/mol. The van der Waals surface area contributed by atoms with E-state index in [1.54, 1.807) is 24.0 Å². The summed E-state index contributed by atoms with van der Waals surface area (Å²) in [7, 11) is 0. The van der Waals surface area contributed by atoms with Gasteiger partial charge in [-0.15, -0.1) is 0 Å². The van der Waals surface area contributed by atoms with Crippen LogP contribution in [0.15, 0.2) is 78.9 Å². The average Bonchev–Trinajstić information content (AvgIpc) is 2.82. The molecule has 0 radical (unpaired) electrons. The lowest BCUT2D eigenvalue weighted by molar-refractivity contribution is -0.125. The topological polar surface area (TPSA) is 61.4 Å². The standard InChI is InChI=1S/C26H28FN3O2/c1-3-30(18-25(31)28-17-20-13-15-22(27)16-14-20)19(2)26(32)29-24-12-8-7-11-23(24)21-9-5-4-6-10-21/h4-16,19H,3,17-18H2,1-2H3,(H,28,31)(H,29,32). The van der Waals surface area contributed by atoms with E-state index in [1.807, 2.05) is 61.5 Å². The number of nitrogens with zero attached hydrogens (tertiary/aromatic N) is 1. The van der Waals surface area contributed by atoms with Gasteiger partial charge < -0.3 is 10.6 Å². The molecule has 2 N–H and O–H groups in total. The molecule has 32 heavy (non-hydrogen) atoms. The molecular formula is C26H28FN3O2. The Morgan fingerprint density at radius 3 is 2.28 bits per heavy atom. The molecule has 0 heterocycles. The van der Waals surface area contributed by atoms with Gasteiger partial charge in [-0.3, -0.25) is 14.5 Å². The number of hydrogen-bond acceptors (Lipinski definition) is 3. The number of anilines is 1. The van der Waals surface area contributed by atoms with Crippen molar-refractivity contribution in [1.82, 2.24) is 10.2 Å². The highest BCUT2D eigenvalue weighted by molar-refractivity contribution is 5.98. The van der Waals surface area contributed by atoms with Gasteiger partial charge in [0.2, 0.25) is 11.8 Å². The fourth-order valence-corrected chi connectivity index (χ4v) is 3.43. The predicted molar refractivity (Wildman–Crippen MR) is 125 cm³/mol. The summed E-state index contributed by atoms with van der Waals surface area (Å²) in [5.74, 6) is -0.687. The van der Waals surface area contributed by atoms with Gasteiger partial charge in [-0.1, -0.05) is 67.6 Å². The second-order valence-corrected chi connectivity index (χ2v) is 7.54. The van der Waals surface area contributed by atoms with Gasteiger partial charge in [-0.05, 0) is 42.8 Å². The second kappa shape index (κ2) is 11.2. The Morgan fingerprint density at radius 1 is 0.938 bits per heavy atom. The lowest BCUT2D eigenvalue weighted by Crippen LogP contribution is -2.46. The van der Waals surface area contributed by atoms with Gasteiger partial charge in [0.25, 0.3) is 0 Å². The molecule has 1 atom stereocenters. The van der Waals surface area contributed by atoms with E-state index in [1.165, 1.54) is 12.1 Å². The molecule has 1 unspecified atom stereocenters. The van der Waals surface area contributed by atoms with E-state index < -0.39 is 6.04 Å². The second-order valence-electron chi connectivity index (χ2n) is 7.54. The number of rotatable bonds is 9. The summed E-state index contributed by atoms with van der Waals surface area (Å²) in [5, 5.41) is 5.83. The first kappa shape index (κ1) is 23.2. The van der Waals surface area contributed by atoms with Crippen LogP contribution >= 0.6 is 0 Å². The number of nitrogens with one attached hydrogen (secondary N) is 2. The molecule has 0 aliphatic carbocycles. The summed E-state index contributed by atoms with van der Waals surface area (Å²) in [5.41, 5.74) is 3.50. The molecule has 6 heteroatoms. The first-order valence-corrected chi connectivity index (χ1v) is 10.7. The summed E-state index contributed by atoms with van der Waals surface area (Å²) in [6.45, 7) is 4.64. The van der Waals surface area contributed by atoms with Crippen molar-refractivity contribution in [2.45, 2.75) is 26.4 Å². The Bertz CT molecular complexity index is 1040. The molecule has 0 spiro atoms. The van der Waals surface area contributed by atoms with Crippen LogP contribution < -0.4 is 10.6 Å². The molecule has 0 aliphatic rings. The van der Waals surface area contributed by atoms with Crippen LogP contribution in [-0.4, -0.2) is 35.8 Å². The minimum Gasteiger partial charge on any atom is -0.351 e. The molecule has 5 nitrogen and oxygen atoms in total. The lowest BCUT2D eigenvalue weighted by atomic mass is 10.0. The minimum atomic E-state index is -0.500. The molecule has 3 aromatic rings. The van der Waals surface area contributed by atoms with Crippen molar-refractivity contribution >= 4 is 17.5 Å². The maximum Gasteiger partial charge on any atom is 0.241 e. The molecule has 3 aromatic carbocycles. The van der Waals surface area contributed by atoms with Crippen molar-refractivity contribution in [2.75, 3.05) is 18.4 Å². The number of likely N-dealkylation sites (N-methyl/N-ethyl adjacent to an activating group) is 1. The summed E-state index contributed by atoms with van der Waals surface area (Å²) >= 11 is 0. The molecule has 0 fully saturated rings. The van der Waals surface area contributed by atoms with Gasteiger partial charge in [-0.2, -0.15) is 0 Å². The first-order chi connectivity index (χ1) is 15.5. The van der Waals surface area contributed by atoms with Crippen molar-refractivity contribution < 1.29 is 14.0 Å². The minimum absolute atomic E-state index is 0.0899. The fourth-order valence-electron chi connectivity index (χ4n) is 3.43. The quantitative estimate of drug-likeness (QED) is 0.524. The van der Waals surface area contributed by atoms with Crippen molar-refractivity contribution in [2.24, 2.45) is 0 Å². The third kappa shape index (κ3) is 6.25. The summed E-state index contributed by atoms with van der Waals surface area (Å²) in [4.78, 5) is 27.2. The summed E-state index contributed by atoms with van der Waals surface area (Å²) in [6.07, 6.45) is 0. The number of halogens is 1. The number of benzene rings is 3. The van der Waals surface area contributed by atoms with E-state index in [2.05, 4.69) is 10.6 Å². The van der Waals surface area contributed by atoms with E-state index >= 15 is 0 Å². The maximum atomic E-state index is 13.0. The van der Waals surface area contributed by atoms with E-state index in [4.69, 9.17) is 0 Å². The molecule has 0 aliphatic heterocycles. The third-order valence-electron chi connectivity index (χ3n) is 5.35. The molecule has 0 saturated heterocycles. The predicted octanol–water partition coefficient (Wildman–Crippen LogP) is 4.46. The van der Waals surface area contributed by atoms with Gasteiger partial charge in [-0.25, -0.2) is 4.39 Å². The Balaban J connectivity index is 1.60. The molecule has 3 rings (SSSR count). The molecule has 0 aromatic heterocycles. The van der Waals surface area contributed by atoms with Crippen LogP contribution in [0.4, 0.5) is 10.1 Å². The zero-order valence-corrected chi connectivity index (χ0v) is 18.3. The smallest absolute Gasteiger partial charge is 0.241 e. The van der Waals surface area contributed by atoms with Crippen molar-refractivity contribution in [1.29, 1.82) is 0 Å². The van der Waals surface area contributed by atoms with Crippen LogP contribution in [0.25, 0.3) is 11.1 Å². The highest BCUT2D eigenvalue weighted by Crippen LogP contribution is 2.27. The zero-order chi connectivity index (χ0) is 22.9. The van der Waals surface area contributed by atoms with Crippen LogP contribution in [0.2, 0.25) is 0 Å². The van der Waals surface area contributed by atoms with Gasteiger partial charge in [0.15, 0.2) is 0 Å². The van der Waals surface area contributed by atoms with E-state index in [0.29, 0.717) is 13.1 Å². The maximum absolute atomic E-state index is 13.0. The molecule has 0 saturated carbocycles. The Morgan fingerprint density at radius 2 is 1.59 bits per heavy atom. The summed E-state index contributed by atoms with van der Waals surface area (Å²) < 4.78 is 13.0. The Hall–Kier alpha value is -3.51. The highest BCUT2D eigenvalue weighted by atomic mass is 19.1.